The number of hydrogen-bond donors (Lipinski definition) is 3. The number of piperidine rings is 1. The molecule has 2 aliphatic rings. The molecule has 2 amide bonds. The van der Waals surface area contributed by atoms with E-state index in [0.29, 0.717) is 25.1 Å². The molecule has 28 heavy (non-hydrogen) atoms. The third-order valence-corrected chi connectivity index (χ3v) is 6.19. The lowest BCUT2D eigenvalue weighted by Crippen LogP contribution is -2.61. The maximum Gasteiger partial charge on any atom is 0.329 e. The Labute approximate surface area is 169 Å². The summed E-state index contributed by atoms with van der Waals surface area (Å²) in [5, 5.41) is 12.9. The van der Waals surface area contributed by atoms with E-state index >= 15 is 0 Å². The number of carboxylic acids is 1. The summed E-state index contributed by atoms with van der Waals surface area (Å²) in [6, 6.07) is 3.65. The van der Waals surface area contributed by atoms with Crippen molar-refractivity contribution in [2.45, 2.75) is 51.6 Å². The fourth-order valence-corrected chi connectivity index (χ4v) is 4.44. The summed E-state index contributed by atoms with van der Waals surface area (Å²) in [6.07, 6.45) is 1.75. The molecule has 8 heteroatoms. The molecule has 152 valence electrons. The summed E-state index contributed by atoms with van der Waals surface area (Å²) in [5.41, 5.74) is 4.58. The summed E-state index contributed by atoms with van der Waals surface area (Å²) in [5.74, 6) is -1.58. The van der Waals surface area contributed by atoms with Gasteiger partial charge in [0.25, 0.3) is 5.91 Å². The highest BCUT2D eigenvalue weighted by Gasteiger charge is 2.59. The summed E-state index contributed by atoms with van der Waals surface area (Å²) < 4.78 is 0. The fourth-order valence-electron chi connectivity index (χ4n) is 4.26. The molecular formula is C20H26ClN3O4. The van der Waals surface area contributed by atoms with Crippen molar-refractivity contribution in [3.63, 3.8) is 0 Å². The monoisotopic (exact) mass is 407 g/mol. The van der Waals surface area contributed by atoms with Gasteiger partial charge in [-0.25, -0.2) is 4.79 Å². The summed E-state index contributed by atoms with van der Waals surface area (Å²) in [7, 11) is 0. The number of nitrogen functional groups attached to an aromatic ring is 1. The number of likely N-dealkylation sites (tertiary alicyclic amines) is 1. The number of fused-ring (bicyclic) bond motifs is 2. The second-order valence-corrected chi connectivity index (χ2v) is 9.31. The molecule has 3 atom stereocenters. The van der Waals surface area contributed by atoms with Gasteiger partial charge in [0.1, 0.15) is 11.6 Å². The van der Waals surface area contributed by atoms with E-state index in [0.717, 1.165) is 6.42 Å². The molecule has 0 aromatic heterocycles. The van der Waals surface area contributed by atoms with Gasteiger partial charge < -0.3 is 21.1 Å². The van der Waals surface area contributed by atoms with Crippen molar-refractivity contribution in [1.82, 2.24) is 10.2 Å². The van der Waals surface area contributed by atoms with Crippen molar-refractivity contribution in [3.05, 3.63) is 28.8 Å². The van der Waals surface area contributed by atoms with Crippen LogP contribution in [0, 0.1) is 11.3 Å². The first kappa shape index (κ1) is 20.5. The molecule has 1 heterocycles. The average molecular weight is 408 g/mol. The first-order chi connectivity index (χ1) is 13.0. The van der Waals surface area contributed by atoms with Crippen LogP contribution in [0.5, 0.6) is 0 Å². The predicted octanol–water partition coefficient (Wildman–Crippen LogP) is 2.53. The second kappa shape index (κ2) is 6.95. The largest absolute Gasteiger partial charge is 0.479 e. The molecule has 7 nitrogen and oxygen atoms in total. The van der Waals surface area contributed by atoms with Gasteiger partial charge in [-0.1, -0.05) is 32.4 Å². The zero-order valence-electron chi connectivity index (χ0n) is 16.3. The van der Waals surface area contributed by atoms with Crippen molar-refractivity contribution in [3.8, 4) is 0 Å². The van der Waals surface area contributed by atoms with Gasteiger partial charge in [0.05, 0.1) is 10.7 Å². The lowest BCUT2D eigenvalue weighted by atomic mass is 9.84. The Kier molecular flexibility index (Phi) is 5.08. The van der Waals surface area contributed by atoms with Crippen LogP contribution < -0.4 is 11.1 Å². The van der Waals surface area contributed by atoms with Crippen LogP contribution in [0.25, 0.3) is 0 Å². The highest BCUT2D eigenvalue weighted by atomic mass is 35.5. The Morgan fingerprint density at radius 1 is 1.36 bits per heavy atom. The number of nitrogens with one attached hydrogen (secondary N) is 1. The van der Waals surface area contributed by atoms with Crippen LogP contribution in [0.1, 0.15) is 50.4 Å². The third kappa shape index (κ3) is 3.43. The van der Waals surface area contributed by atoms with Crippen molar-refractivity contribution < 1.29 is 19.5 Å². The van der Waals surface area contributed by atoms with Gasteiger partial charge in [-0.3, -0.25) is 9.59 Å². The quantitative estimate of drug-likeness (QED) is 0.664. The van der Waals surface area contributed by atoms with Crippen LogP contribution >= 0.6 is 11.6 Å². The number of hydrogen-bond acceptors (Lipinski definition) is 4. The highest BCUT2D eigenvalue weighted by Crippen LogP contribution is 2.47. The zero-order chi connectivity index (χ0) is 20.9. The maximum atomic E-state index is 13.4. The lowest BCUT2D eigenvalue weighted by Gasteiger charge is -2.40. The highest BCUT2D eigenvalue weighted by molar-refractivity contribution is 6.33. The smallest absolute Gasteiger partial charge is 0.329 e. The molecule has 0 spiro atoms. The number of amides is 2. The zero-order valence-corrected chi connectivity index (χ0v) is 17.0. The SMILES string of the molecule is CC(C)(C)[C@H](NC(=O)c1ccc(N)c(Cl)c1)C(=O)N1C[C@@H]2CC[C@@]1(C(=O)O)C2. The second-order valence-electron chi connectivity index (χ2n) is 8.90. The van der Waals surface area contributed by atoms with E-state index in [1.165, 1.54) is 23.1 Å². The van der Waals surface area contributed by atoms with E-state index in [1.54, 1.807) is 0 Å². The first-order valence-electron chi connectivity index (χ1n) is 9.36. The topological polar surface area (TPSA) is 113 Å². The molecule has 0 unspecified atom stereocenters. The van der Waals surface area contributed by atoms with Crippen LogP contribution in [0.2, 0.25) is 5.02 Å². The minimum absolute atomic E-state index is 0.201. The van der Waals surface area contributed by atoms with Gasteiger partial charge in [0.15, 0.2) is 0 Å². The van der Waals surface area contributed by atoms with E-state index in [4.69, 9.17) is 17.3 Å². The molecule has 1 aliphatic carbocycles. The number of halogens is 1. The third-order valence-electron chi connectivity index (χ3n) is 5.87. The molecule has 0 radical (unpaired) electrons. The minimum Gasteiger partial charge on any atom is -0.479 e. The number of aliphatic carboxylic acids is 1. The van der Waals surface area contributed by atoms with Gasteiger partial charge in [-0.05, 0) is 48.8 Å². The molecule has 1 saturated heterocycles. The lowest BCUT2D eigenvalue weighted by molar-refractivity contribution is -0.159. The first-order valence-corrected chi connectivity index (χ1v) is 9.74. The van der Waals surface area contributed by atoms with Gasteiger partial charge >= 0.3 is 5.97 Å². The van der Waals surface area contributed by atoms with Gasteiger partial charge in [-0.15, -0.1) is 0 Å². The molecule has 1 aromatic rings. The van der Waals surface area contributed by atoms with Crippen LogP contribution in [-0.2, 0) is 9.59 Å². The number of carboxylic acid groups (broad SMARTS) is 1. The van der Waals surface area contributed by atoms with Gasteiger partial charge in [0.2, 0.25) is 5.91 Å². The number of nitrogens with two attached hydrogens (primary N) is 1. The van der Waals surface area contributed by atoms with E-state index < -0.39 is 28.9 Å². The number of carbonyl (C=O) groups excluding carboxylic acids is 2. The van der Waals surface area contributed by atoms with Crippen molar-refractivity contribution in [1.29, 1.82) is 0 Å². The molecule has 4 N–H and O–H groups in total. The number of anilines is 1. The molecule has 1 saturated carbocycles. The Morgan fingerprint density at radius 3 is 2.57 bits per heavy atom. The van der Waals surface area contributed by atoms with E-state index in [9.17, 15) is 19.5 Å². The van der Waals surface area contributed by atoms with Crippen LogP contribution in [0.15, 0.2) is 18.2 Å². The Balaban J connectivity index is 1.86. The van der Waals surface area contributed by atoms with E-state index in [1.807, 2.05) is 20.8 Å². The average Bonchev–Trinajstić information content (AvgIpc) is 3.20. The molecular weight excluding hydrogens is 382 g/mol. The van der Waals surface area contributed by atoms with E-state index in [-0.39, 0.29) is 22.4 Å². The number of benzene rings is 1. The summed E-state index contributed by atoms with van der Waals surface area (Å²) in [6.45, 7) is 5.94. The van der Waals surface area contributed by atoms with Crippen molar-refractivity contribution >= 4 is 35.1 Å². The van der Waals surface area contributed by atoms with Gasteiger partial charge in [0, 0.05) is 12.1 Å². The number of carbonyl (C=O) groups is 3. The van der Waals surface area contributed by atoms with E-state index in [2.05, 4.69) is 5.32 Å². The molecule has 2 bridgehead atoms. The predicted molar refractivity (Wildman–Crippen MR) is 106 cm³/mol. The standard InChI is InChI=1S/C20H26ClN3O4/c1-19(2,3)15(23-16(25)12-4-5-14(22)13(21)8-12)17(26)24-10-11-6-7-20(24,9-11)18(27)28/h4-5,8,11,15H,6-7,9-10,22H2,1-3H3,(H,23,25)(H,27,28)/t11-,15-,20+/m1/s1. The normalized spacial score (nSPS) is 24.9. The number of rotatable bonds is 4. The maximum absolute atomic E-state index is 13.4. The van der Waals surface area contributed by atoms with Crippen molar-refractivity contribution in [2.75, 3.05) is 12.3 Å². The van der Waals surface area contributed by atoms with Crippen LogP contribution in [-0.4, -0.2) is 45.9 Å². The van der Waals surface area contributed by atoms with Crippen LogP contribution in [0.3, 0.4) is 0 Å². The minimum atomic E-state index is -1.15. The van der Waals surface area contributed by atoms with Crippen LogP contribution in [0.4, 0.5) is 5.69 Å². The summed E-state index contributed by atoms with van der Waals surface area (Å²) in [4.78, 5) is 39.6. The molecule has 3 rings (SSSR count). The Bertz CT molecular complexity index is 835. The van der Waals surface area contributed by atoms with Crippen molar-refractivity contribution in [2.24, 2.45) is 11.3 Å². The fraction of sp³-hybridized carbons (Fsp3) is 0.550. The molecule has 1 aliphatic heterocycles. The summed E-state index contributed by atoms with van der Waals surface area (Å²) >= 11 is 6.00. The van der Waals surface area contributed by atoms with Gasteiger partial charge in [-0.2, -0.15) is 0 Å². The number of nitrogens with zero attached hydrogens (tertiary/aromatic N) is 1. The molecule has 1 aromatic carbocycles. The molecule has 2 fully saturated rings. The Morgan fingerprint density at radius 2 is 2.04 bits per heavy atom. The Hall–Kier alpha value is -2.28.